The largest absolute Gasteiger partial charge is 0.492 e. The molecule has 0 amide bonds. The van der Waals surface area contributed by atoms with Crippen molar-refractivity contribution in [2.24, 2.45) is 0 Å². The highest BCUT2D eigenvalue weighted by molar-refractivity contribution is 9.10. The molecular weight excluding hydrogens is 326 g/mol. The quantitative estimate of drug-likeness (QED) is 0.747. The molecule has 0 aliphatic carbocycles. The first-order chi connectivity index (χ1) is 9.95. The van der Waals surface area contributed by atoms with Crippen molar-refractivity contribution in [3.63, 3.8) is 0 Å². The molecule has 0 fully saturated rings. The van der Waals surface area contributed by atoms with Crippen molar-refractivity contribution in [3.05, 3.63) is 58.6 Å². The summed E-state index contributed by atoms with van der Waals surface area (Å²) in [6.07, 6.45) is 0. The van der Waals surface area contributed by atoms with Crippen LogP contribution in [-0.4, -0.2) is 13.2 Å². The summed E-state index contributed by atoms with van der Waals surface area (Å²) < 4.78 is 6.74. The van der Waals surface area contributed by atoms with Crippen molar-refractivity contribution in [2.45, 2.75) is 26.2 Å². The second-order valence-electron chi connectivity index (χ2n) is 6.06. The molecule has 0 radical (unpaired) electrons. The molecular formula is C18H22BrNO. The van der Waals surface area contributed by atoms with Gasteiger partial charge in [-0.2, -0.15) is 0 Å². The Morgan fingerprint density at radius 1 is 0.952 bits per heavy atom. The van der Waals surface area contributed by atoms with E-state index in [1.54, 1.807) is 0 Å². The van der Waals surface area contributed by atoms with Crippen molar-refractivity contribution in [1.29, 1.82) is 0 Å². The van der Waals surface area contributed by atoms with Crippen LogP contribution < -0.4 is 10.1 Å². The van der Waals surface area contributed by atoms with E-state index in [1.807, 2.05) is 24.3 Å². The van der Waals surface area contributed by atoms with E-state index in [1.165, 1.54) is 5.56 Å². The van der Waals surface area contributed by atoms with E-state index in [0.717, 1.165) is 22.5 Å². The van der Waals surface area contributed by atoms with Gasteiger partial charge in [-0.25, -0.2) is 0 Å². The van der Waals surface area contributed by atoms with Crippen LogP contribution in [0.15, 0.2) is 53.0 Å². The molecule has 0 bridgehead atoms. The van der Waals surface area contributed by atoms with Crippen molar-refractivity contribution in [3.8, 4) is 5.75 Å². The molecule has 0 saturated heterocycles. The van der Waals surface area contributed by atoms with Gasteiger partial charge in [-0.1, -0.05) is 48.8 Å². The normalized spacial score (nSPS) is 11.2. The second-order valence-corrected chi connectivity index (χ2v) is 6.97. The van der Waals surface area contributed by atoms with E-state index in [9.17, 15) is 0 Å². The molecule has 21 heavy (non-hydrogen) atoms. The van der Waals surface area contributed by atoms with Crippen LogP contribution in [0.2, 0.25) is 0 Å². The van der Waals surface area contributed by atoms with Crippen LogP contribution >= 0.6 is 15.9 Å². The number of benzene rings is 2. The van der Waals surface area contributed by atoms with E-state index in [4.69, 9.17) is 4.74 Å². The molecule has 112 valence electrons. The van der Waals surface area contributed by atoms with Crippen LogP contribution in [-0.2, 0) is 5.41 Å². The maximum absolute atomic E-state index is 5.68. The Kier molecular flexibility index (Phi) is 5.29. The number of nitrogens with one attached hydrogen (secondary N) is 1. The topological polar surface area (TPSA) is 21.3 Å². The molecule has 1 N–H and O–H groups in total. The summed E-state index contributed by atoms with van der Waals surface area (Å²) >= 11 is 3.41. The zero-order valence-corrected chi connectivity index (χ0v) is 14.4. The van der Waals surface area contributed by atoms with Gasteiger partial charge in [0, 0.05) is 16.7 Å². The van der Waals surface area contributed by atoms with Gasteiger partial charge >= 0.3 is 0 Å². The average Bonchev–Trinajstić information content (AvgIpc) is 2.45. The molecule has 0 spiro atoms. The fraction of sp³-hybridized carbons (Fsp3) is 0.333. The fourth-order valence-corrected chi connectivity index (χ4v) is 2.25. The van der Waals surface area contributed by atoms with Gasteiger partial charge in [0.1, 0.15) is 12.4 Å². The minimum Gasteiger partial charge on any atom is -0.492 e. The van der Waals surface area contributed by atoms with Crippen LogP contribution in [0.25, 0.3) is 0 Å². The Bertz CT molecular complexity index is 555. The molecule has 0 saturated carbocycles. The van der Waals surface area contributed by atoms with Gasteiger partial charge < -0.3 is 10.1 Å². The lowest BCUT2D eigenvalue weighted by molar-refractivity contribution is 0.333. The van der Waals surface area contributed by atoms with Crippen LogP contribution in [0.1, 0.15) is 26.3 Å². The van der Waals surface area contributed by atoms with Gasteiger partial charge in [0.15, 0.2) is 0 Å². The van der Waals surface area contributed by atoms with Crippen molar-refractivity contribution >= 4 is 21.6 Å². The summed E-state index contributed by atoms with van der Waals surface area (Å²) in [5, 5.41) is 3.37. The number of hydrogen-bond donors (Lipinski definition) is 1. The van der Waals surface area contributed by atoms with Gasteiger partial charge in [0.25, 0.3) is 0 Å². The molecule has 0 aliphatic heterocycles. The number of ether oxygens (including phenoxy) is 1. The molecule has 0 heterocycles. The molecule has 2 aromatic carbocycles. The van der Waals surface area contributed by atoms with Crippen LogP contribution in [0.5, 0.6) is 5.75 Å². The molecule has 0 aliphatic rings. The lowest BCUT2D eigenvalue weighted by atomic mass is 9.87. The van der Waals surface area contributed by atoms with Crippen molar-refractivity contribution in [2.75, 3.05) is 18.5 Å². The summed E-state index contributed by atoms with van der Waals surface area (Å²) in [5.74, 6) is 0.892. The summed E-state index contributed by atoms with van der Waals surface area (Å²) in [7, 11) is 0. The smallest absolute Gasteiger partial charge is 0.119 e. The third-order valence-electron chi connectivity index (χ3n) is 3.26. The fourth-order valence-electron chi connectivity index (χ4n) is 1.98. The van der Waals surface area contributed by atoms with Crippen molar-refractivity contribution < 1.29 is 4.74 Å². The molecule has 0 aromatic heterocycles. The van der Waals surface area contributed by atoms with E-state index in [0.29, 0.717) is 6.61 Å². The van der Waals surface area contributed by atoms with E-state index >= 15 is 0 Å². The average molecular weight is 348 g/mol. The second kappa shape index (κ2) is 6.99. The highest BCUT2D eigenvalue weighted by Crippen LogP contribution is 2.23. The number of halogens is 1. The van der Waals surface area contributed by atoms with Crippen LogP contribution in [0, 0.1) is 0 Å². The van der Waals surface area contributed by atoms with Gasteiger partial charge in [0.2, 0.25) is 0 Å². The summed E-state index contributed by atoms with van der Waals surface area (Å²) in [5.41, 5.74) is 2.67. The number of hydrogen-bond acceptors (Lipinski definition) is 2. The van der Waals surface area contributed by atoms with Gasteiger partial charge in [-0.15, -0.1) is 0 Å². The lowest BCUT2D eigenvalue weighted by Crippen LogP contribution is -2.13. The van der Waals surface area contributed by atoms with Crippen molar-refractivity contribution in [1.82, 2.24) is 0 Å². The van der Waals surface area contributed by atoms with Crippen LogP contribution in [0.3, 0.4) is 0 Å². The molecule has 3 heteroatoms. The first kappa shape index (κ1) is 15.9. The summed E-state index contributed by atoms with van der Waals surface area (Å²) in [6, 6.07) is 16.5. The Balaban J connectivity index is 1.77. The predicted octanol–water partition coefficient (Wildman–Crippen LogP) is 5.24. The summed E-state index contributed by atoms with van der Waals surface area (Å²) in [6.45, 7) is 8.10. The molecule has 2 aromatic rings. The Morgan fingerprint density at radius 3 is 2.14 bits per heavy atom. The molecule has 0 unspecified atom stereocenters. The SMILES string of the molecule is CC(C)(C)c1ccc(NCCOc2ccc(Br)cc2)cc1. The number of anilines is 1. The standard InChI is InChI=1S/C18H22BrNO/c1-18(2,3)14-4-8-16(9-5-14)20-12-13-21-17-10-6-15(19)7-11-17/h4-11,20H,12-13H2,1-3H3. The monoisotopic (exact) mass is 347 g/mol. The van der Waals surface area contributed by atoms with E-state index in [2.05, 4.69) is 66.3 Å². The lowest BCUT2D eigenvalue weighted by Gasteiger charge is -2.19. The first-order valence-electron chi connectivity index (χ1n) is 7.18. The van der Waals surface area contributed by atoms with Gasteiger partial charge in [-0.05, 0) is 47.4 Å². The van der Waals surface area contributed by atoms with Gasteiger partial charge in [-0.3, -0.25) is 0 Å². The zero-order valence-electron chi connectivity index (χ0n) is 12.8. The Labute approximate surface area is 135 Å². The van der Waals surface area contributed by atoms with E-state index in [-0.39, 0.29) is 5.41 Å². The molecule has 2 nitrogen and oxygen atoms in total. The highest BCUT2D eigenvalue weighted by Gasteiger charge is 2.12. The maximum Gasteiger partial charge on any atom is 0.119 e. The van der Waals surface area contributed by atoms with Gasteiger partial charge in [0.05, 0.1) is 0 Å². The zero-order chi connectivity index (χ0) is 15.3. The summed E-state index contributed by atoms with van der Waals surface area (Å²) in [4.78, 5) is 0. The Hall–Kier alpha value is -1.48. The first-order valence-corrected chi connectivity index (χ1v) is 7.97. The van der Waals surface area contributed by atoms with Crippen LogP contribution in [0.4, 0.5) is 5.69 Å². The molecule has 0 atom stereocenters. The third kappa shape index (κ3) is 5.09. The predicted molar refractivity (Wildman–Crippen MR) is 93.3 cm³/mol. The minimum absolute atomic E-state index is 0.198. The minimum atomic E-state index is 0.198. The third-order valence-corrected chi connectivity index (χ3v) is 3.79. The Morgan fingerprint density at radius 2 is 1.57 bits per heavy atom. The molecule has 2 rings (SSSR count). The van der Waals surface area contributed by atoms with E-state index < -0.39 is 0 Å². The number of rotatable bonds is 5. The maximum atomic E-state index is 5.68. The highest BCUT2D eigenvalue weighted by atomic mass is 79.9.